The average molecular weight is 243 g/mol. The number of esters is 1. The van der Waals surface area contributed by atoms with Crippen LogP contribution in [0.2, 0.25) is 0 Å². The molecular formula is C12H16FNO3. The van der Waals surface area contributed by atoms with E-state index in [-0.39, 0.29) is 11.7 Å². The van der Waals surface area contributed by atoms with E-state index in [4.69, 9.17) is 2.74 Å². The van der Waals surface area contributed by atoms with Crippen LogP contribution in [0.25, 0.3) is 0 Å². The topological polar surface area (TPSA) is 47.6 Å². The molecule has 0 saturated carbocycles. The summed E-state index contributed by atoms with van der Waals surface area (Å²) >= 11 is 0. The molecule has 0 saturated heterocycles. The molecule has 1 rings (SSSR count). The van der Waals surface area contributed by atoms with E-state index >= 15 is 0 Å². The number of carbonyl (C=O) groups is 1. The van der Waals surface area contributed by atoms with Gasteiger partial charge in [-0.05, 0) is 31.2 Å². The molecule has 0 radical (unpaired) electrons. The molecule has 17 heavy (non-hydrogen) atoms. The minimum atomic E-state index is -3.21. The highest BCUT2D eigenvalue weighted by molar-refractivity contribution is 5.76. The fourth-order valence-electron chi connectivity index (χ4n) is 1.42. The first kappa shape index (κ1) is 10.5. The van der Waals surface area contributed by atoms with Gasteiger partial charge in [0.05, 0.1) is 7.11 Å². The van der Waals surface area contributed by atoms with Crippen LogP contribution in [0.3, 0.4) is 0 Å². The summed E-state index contributed by atoms with van der Waals surface area (Å²) in [5, 5.41) is 2.83. The molecule has 0 aliphatic rings. The van der Waals surface area contributed by atoms with Crippen molar-refractivity contribution < 1.29 is 21.4 Å². The highest BCUT2D eigenvalue weighted by atomic mass is 19.1. The molecule has 1 atom stereocenters. The van der Waals surface area contributed by atoms with E-state index in [1.165, 1.54) is 19.2 Å². The summed E-state index contributed by atoms with van der Waals surface area (Å²) in [6, 6.07) is 5.68. The summed E-state index contributed by atoms with van der Waals surface area (Å²) < 4.78 is 35.0. The Bertz CT molecular complexity index is 420. The average Bonchev–Trinajstić information content (AvgIpc) is 2.35. The molecule has 0 aromatic heterocycles. The third kappa shape index (κ3) is 4.03. The van der Waals surface area contributed by atoms with Crippen molar-refractivity contribution in [3.8, 4) is 5.75 Å². The fourth-order valence-corrected chi connectivity index (χ4v) is 1.42. The molecule has 0 spiro atoms. The van der Waals surface area contributed by atoms with E-state index in [2.05, 4.69) is 14.8 Å². The zero-order chi connectivity index (χ0) is 14.5. The van der Waals surface area contributed by atoms with Gasteiger partial charge in [0.2, 0.25) is 6.81 Å². The standard InChI is InChI=1S/C12H16FNO3/c1-14-11(12(15)16-2)7-9-3-5-10(6-4-9)17-8-13/h3-6,11,14H,7-8H2,1-2H3/i8D2. The summed E-state index contributed by atoms with van der Waals surface area (Å²) in [4.78, 5) is 11.4. The normalized spacial score (nSPS) is 14.5. The summed E-state index contributed by atoms with van der Waals surface area (Å²) in [6.45, 7) is -3.21. The van der Waals surface area contributed by atoms with Gasteiger partial charge in [0, 0.05) is 0 Å². The minimum Gasteiger partial charge on any atom is -0.468 e. The Labute approximate surface area is 103 Å². The van der Waals surface area contributed by atoms with Gasteiger partial charge in [0.1, 0.15) is 14.5 Å². The smallest absolute Gasteiger partial charge is 0.323 e. The maximum Gasteiger partial charge on any atom is 0.323 e. The second-order valence-electron chi connectivity index (χ2n) is 3.39. The lowest BCUT2D eigenvalue weighted by Crippen LogP contribution is -2.36. The molecule has 0 amide bonds. The van der Waals surface area contributed by atoms with Gasteiger partial charge >= 0.3 is 5.97 Å². The molecule has 0 bridgehead atoms. The van der Waals surface area contributed by atoms with Gasteiger partial charge in [-0.25, -0.2) is 4.39 Å². The zero-order valence-corrected chi connectivity index (χ0v) is 9.70. The number of hydrogen-bond acceptors (Lipinski definition) is 4. The lowest BCUT2D eigenvalue weighted by Gasteiger charge is -2.13. The maximum absolute atomic E-state index is 12.6. The lowest BCUT2D eigenvalue weighted by atomic mass is 10.1. The lowest BCUT2D eigenvalue weighted by molar-refractivity contribution is -0.142. The molecule has 5 heteroatoms. The Morgan fingerprint density at radius 1 is 1.53 bits per heavy atom. The van der Waals surface area contributed by atoms with Crippen molar-refractivity contribution in [2.45, 2.75) is 12.5 Å². The first-order chi connectivity index (χ1) is 8.85. The number of hydrogen-bond donors (Lipinski definition) is 1. The van der Waals surface area contributed by atoms with Gasteiger partial charge in [-0.1, -0.05) is 12.1 Å². The second kappa shape index (κ2) is 6.85. The van der Waals surface area contributed by atoms with Crippen LogP contribution in [-0.4, -0.2) is 33.0 Å². The number of rotatable bonds is 6. The Balaban J connectivity index is 2.68. The van der Waals surface area contributed by atoms with Crippen LogP contribution in [0.15, 0.2) is 24.3 Å². The van der Waals surface area contributed by atoms with Crippen molar-refractivity contribution in [2.24, 2.45) is 0 Å². The molecule has 1 N–H and O–H groups in total. The number of methoxy groups -OCH3 is 1. The van der Waals surface area contributed by atoms with Crippen LogP contribution in [0, 0.1) is 0 Å². The molecule has 1 aromatic carbocycles. The highest BCUT2D eigenvalue weighted by Gasteiger charge is 2.16. The van der Waals surface area contributed by atoms with E-state index in [0.717, 1.165) is 5.56 Å². The number of alkyl halides is 1. The summed E-state index contributed by atoms with van der Waals surface area (Å²) in [5.74, 6) is -0.293. The quantitative estimate of drug-likeness (QED) is 0.765. The van der Waals surface area contributed by atoms with Crippen molar-refractivity contribution in [2.75, 3.05) is 21.0 Å². The van der Waals surface area contributed by atoms with Gasteiger partial charge in [0.15, 0.2) is 0 Å². The van der Waals surface area contributed by atoms with Crippen LogP contribution < -0.4 is 10.1 Å². The van der Waals surface area contributed by atoms with E-state index < -0.39 is 12.9 Å². The Morgan fingerprint density at radius 2 is 2.18 bits per heavy atom. The number of likely N-dealkylation sites (N-methyl/N-ethyl adjacent to an activating group) is 1. The predicted octanol–water partition coefficient (Wildman–Crippen LogP) is 1.30. The van der Waals surface area contributed by atoms with E-state index in [9.17, 15) is 9.18 Å². The van der Waals surface area contributed by atoms with Crippen molar-refractivity contribution in [1.82, 2.24) is 5.32 Å². The number of benzene rings is 1. The molecule has 0 aliphatic heterocycles. The molecule has 1 aromatic rings. The Kier molecular flexibility index (Phi) is 4.25. The third-order valence-corrected chi connectivity index (χ3v) is 2.35. The first-order valence-electron chi connectivity index (χ1n) is 6.07. The van der Waals surface area contributed by atoms with Gasteiger partial charge in [-0.3, -0.25) is 4.79 Å². The Morgan fingerprint density at radius 3 is 2.65 bits per heavy atom. The first-order valence-corrected chi connectivity index (χ1v) is 5.07. The summed E-state index contributed by atoms with van der Waals surface area (Å²) in [7, 11) is 2.96. The number of ether oxygens (including phenoxy) is 2. The molecule has 0 fully saturated rings. The fraction of sp³-hybridized carbons (Fsp3) is 0.417. The maximum atomic E-state index is 12.6. The van der Waals surface area contributed by atoms with Crippen molar-refractivity contribution in [3.05, 3.63) is 29.8 Å². The van der Waals surface area contributed by atoms with Crippen LogP contribution >= 0.6 is 0 Å². The molecule has 4 nitrogen and oxygen atoms in total. The minimum absolute atomic E-state index is 0.0790. The van der Waals surface area contributed by atoms with Crippen molar-refractivity contribution >= 4 is 5.97 Å². The largest absolute Gasteiger partial charge is 0.468 e. The molecular weight excluding hydrogens is 225 g/mol. The van der Waals surface area contributed by atoms with Crippen LogP contribution in [0.5, 0.6) is 5.75 Å². The summed E-state index contributed by atoms with van der Waals surface area (Å²) in [6.07, 6.45) is 0.409. The van der Waals surface area contributed by atoms with E-state index in [0.29, 0.717) is 6.42 Å². The predicted molar refractivity (Wildman–Crippen MR) is 61.6 cm³/mol. The number of nitrogens with one attached hydrogen (secondary N) is 1. The second-order valence-corrected chi connectivity index (χ2v) is 3.39. The molecule has 0 heterocycles. The van der Waals surface area contributed by atoms with Gasteiger partial charge < -0.3 is 14.8 Å². The molecule has 0 aliphatic carbocycles. The van der Waals surface area contributed by atoms with Crippen molar-refractivity contribution in [3.63, 3.8) is 0 Å². The SMILES string of the molecule is [2H]C([2H])(F)Oc1ccc(CC(NC)C(=O)OC)cc1. The number of halogens is 1. The monoisotopic (exact) mass is 243 g/mol. The highest BCUT2D eigenvalue weighted by Crippen LogP contribution is 2.13. The van der Waals surface area contributed by atoms with Gasteiger partial charge in [0.25, 0.3) is 0 Å². The van der Waals surface area contributed by atoms with E-state index in [1.54, 1.807) is 19.2 Å². The van der Waals surface area contributed by atoms with Gasteiger partial charge in [-0.2, -0.15) is 0 Å². The Hall–Kier alpha value is -1.62. The van der Waals surface area contributed by atoms with Crippen molar-refractivity contribution in [1.29, 1.82) is 0 Å². The molecule has 1 unspecified atom stereocenters. The molecule has 94 valence electrons. The number of carbonyl (C=O) groups excluding carboxylic acids is 1. The third-order valence-electron chi connectivity index (χ3n) is 2.35. The van der Waals surface area contributed by atoms with Crippen LogP contribution in [0.4, 0.5) is 4.39 Å². The van der Waals surface area contributed by atoms with Crippen LogP contribution in [0.1, 0.15) is 8.30 Å². The van der Waals surface area contributed by atoms with E-state index in [1.807, 2.05) is 0 Å². The van der Waals surface area contributed by atoms with Gasteiger partial charge in [-0.15, -0.1) is 0 Å². The zero-order valence-electron chi connectivity index (χ0n) is 11.7. The summed E-state index contributed by atoms with van der Waals surface area (Å²) in [5.41, 5.74) is 0.816. The van der Waals surface area contributed by atoms with Crippen LogP contribution in [-0.2, 0) is 16.0 Å².